The van der Waals surface area contributed by atoms with Crippen LogP contribution in [0.5, 0.6) is 5.75 Å². The van der Waals surface area contributed by atoms with E-state index in [1.165, 1.54) is 7.11 Å². The van der Waals surface area contributed by atoms with E-state index in [9.17, 15) is 9.59 Å². The average molecular weight is 348 g/mol. The van der Waals surface area contributed by atoms with Crippen molar-refractivity contribution < 1.29 is 19.1 Å². The zero-order chi connectivity index (χ0) is 17.7. The van der Waals surface area contributed by atoms with Crippen molar-refractivity contribution in [3.8, 4) is 5.75 Å². The minimum absolute atomic E-state index is 0.296. The van der Waals surface area contributed by atoms with Gasteiger partial charge in [-0.3, -0.25) is 4.79 Å². The highest BCUT2D eigenvalue weighted by molar-refractivity contribution is 6.30. The van der Waals surface area contributed by atoms with Crippen LogP contribution in [0.25, 0.3) is 0 Å². The Morgan fingerprint density at radius 1 is 1.12 bits per heavy atom. The van der Waals surface area contributed by atoms with Gasteiger partial charge in [-0.2, -0.15) is 0 Å². The Labute approximate surface area is 145 Å². The predicted molar refractivity (Wildman–Crippen MR) is 92.7 cm³/mol. The first-order valence-corrected chi connectivity index (χ1v) is 7.70. The average Bonchev–Trinajstić information content (AvgIpc) is 2.57. The van der Waals surface area contributed by atoms with Crippen molar-refractivity contribution in [1.82, 2.24) is 0 Å². The quantitative estimate of drug-likeness (QED) is 0.834. The van der Waals surface area contributed by atoms with Crippen LogP contribution in [0.3, 0.4) is 0 Å². The summed E-state index contributed by atoms with van der Waals surface area (Å²) < 4.78 is 10.3. The number of amides is 1. The Morgan fingerprint density at radius 2 is 1.79 bits per heavy atom. The van der Waals surface area contributed by atoms with E-state index in [0.717, 1.165) is 5.56 Å². The monoisotopic (exact) mass is 347 g/mol. The Kier molecular flexibility index (Phi) is 5.82. The summed E-state index contributed by atoms with van der Waals surface area (Å²) >= 11 is 5.90. The number of rotatable bonds is 5. The first-order chi connectivity index (χ1) is 11.4. The molecule has 6 heteroatoms. The smallest absolute Gasteiger partial charge is 0.337 e. The van der Waals surface area contributed by atoms with Crippen LogP contribution >= 0.6 is 11.6 Å². The summed E-state index contributed by atoms with van der Waals surface area (Å²) in [5.74, 6) is -0.124. The van der Waals surface area contributed by atoms with Gasteiger partial charge in [0.1, 0.15) is 5.75 Å². The van der Waals surface area contributed by atoms with E-state index in [0.29, 0.717) is 22.0 Å². The van der Waals surface area contributed by atoms with Gasteiger partial charge in [0.15, 0.2) is 6.10 Å². The van der Waals surface area contributed by atoms with Gasteiger partial charge < -0.3 is 14.8 Å². The van der Waals surface area contributed by atoms with Gasteiger partial charge in [0.05, 0.1) is 12.7 Å². The van der Waals surface area contributed by atoms with Gasteiger partial charge in [0.25, 0.3) is 5.91 Å². The lowest BCUT2D eigenvalue weighted by Crippen LogP contribution is -2.30. The van der Waals surface area contributed by atoms with E-state index < -0.39 is 12.1 Å². The van der Waals surface area contributed by atoms with Crippen LogP contribution in [0.4, 0.5) is 5.69 Å². The van der Waals surface area contributed by atoms with Crippen molar-refractivity contribution >= 4 is 29.2 Å². The third-order valence-corrected chi connectivity index (χ3v) is 3.62. The second-order valence-electron chi connectivity index (χ2n) is 5.23. The largest absolute Gasteiger partial charge is 0.481 e. The third kappa shape index (κ3) is 4.49. The molecule has 1 amide bonds. The number of carbonyl (C=O) groups is 2. The number of halogens is 1. The van der Waals surface area contributed by atoms with E-state index in [-0.39, 0.29) is 5.91 Å². The van der Waals surface area contributed by atoms with E-state index in [4.69, 9.17) is 16.3 Å². The predicted octanol–water partition coefficient (Wildman–Crippen LogP) is 3.84. The van der Waals surface area contributed by atoms with E-state index in [1.54, 1.807) is 49.4 Å². The van der Waals surface area contributed by atoms with Gasteiger partial charge in [0.2, 0.25) is 0 Å². The molecule has 0 radical (unpaired) electrons. The van der Waals surface area contributed by atoms with Crippen molar-refractivity contribution in [1.29, 1.82) is 0 Å². The minimum Gasteiger partial charge on any atom is -0.481 e. The van der Waals surface area contributed by atoms with E-state index >= 15 is 0 Å². The fourth-order valence-electron chi connectivity index (χ4n) is 2.04. The summed E-state index contributed by atoms with van der Waals surface area (Å²) in [5, 5.41) is 3.35. The normalized spacial score (nSPS) is 11.5. The van der Waals surface area contributed by atoms with Gasteiger partial charge in [-0.15, -0.1) is 0 Å². The highest BCUT2D eigenvalue weighted by Crippen LogP contribution is 2.23. The van der Waals surface area contributed by atoms with Crippen LogP contribution in [0, 0.1) is 6.92 Å². The molecule has 0 spiro atoms. The second kappa shape index (κ2) is 7.84. The maximum atomic E-state index is 12.2. The number of carbonyl (C=O) groups excluding carboxylic acids is 2. The van der Waals surface area contributed by atoms with Gasteiger partial charge in [-0.1, -0.05) is 11.6 Å². The summed E-state index contributed by atoms with van der Waals surface area (Å²) in [5.41, 5.74) is 1.83. The van der Waals surface area contributed by atoms with Gasteiger partial charge in [-0.05, 0) is 61.9 Å². The van der Waals surface area contributed by atoms with Crippen molar-refractivity contribution in [2.24, 2.45) is 0 Å². The number of methoxy groups -OCH3 is 1. The minimum atomic E-state index is -0.690. The number of nitrogens with one attached hydrogen (secondary N) is 1. The molecule has 24 heavy (non-hydrogen) atoms. The molecule has 0 bridgehead atoms. The van der Waals surface area contributed by atoms with Crippen molar-refractivity contribution in [2.45, 2.75) is 20.0 Å². The maximum Gasteiger partial charge on any atom is 0.337 e. The highest BCUT2D eigenvalue weighted by Gasteiger charge is 2.16. The van der Waals surface area contributed by atoms with Crippen LogP contribution in [0.1, 0.15) is 22.8 Å². The fraction of sp³-hybridized carbons (Fsp3) is 0.222. The molecule has 0 saturated carbocycles. The van der Waals surface area contributed by atoms with Gasteiger partial charge in [-0.25, -0.2) is 4.79 Å². The molecule has 1 atom stereocenters. The lowest BCUT2D eigenvalue weighted by atomic mass is 10.2. The summed E-state index contributed by atoms with van der Waals surface area (Å²) in [6.07, 6.45) is -0.690. The molecule has 0 aliphatic heterocycles. The second-order valence-corrected chi connectivity index (χ2v) is 5.66. The molecular weight excluding hydrogens is 330 g/mol. The summed E-state index contributed by atoms with van der Waals surface area (Å²) in [4.78, 5) is 23.6. The fourth-order valence-corrected chi connectivity index (χ4v) is 2.27. The van der Waals surface area contributed by atoms with Crippen molar-refractivity contribution in [3.05, 3.63) is 58.6 Å². The number of anilines is 1. The lowest BCUT2D eigenvalue weighted by molar-refractivity contribution is -0.122. The Morgan fingerprint density at radius 3 is 2.38 bits per heavy atom. The molecular formula is C18H18ClNO4. The topological polar surface area (TPSA) is 64.6 Å². The Bertz CT molecular complexity index is 743. The Balaban J connectivity index is 1.99. The molecule has 0 unspecified atom stereocenters. The molecule has 0 aliphatic rings. The van der Waals surface area contributed by atoms with Crippen molar-refractivity contribution in [3.63, 3.8) is 0 Å². The first kappa shape index (κ1) is 17.8. The molecule has 1 N–H and O–H groups in total. The zero-order valence-electron chi connectivity index (χ0n) is 13.6. The molecule has 0 aliphatic carbocycles. The molecule has 2 aromatic carbocycles. The molecule has 0 saturated heterocycles. The molecule has 5 nitrogen and oxygen atoms in total. The lowest BCUT2D eigenvalue weighted by Gasteiger charge is -2.16. The van der Waals surface area contributed by atoms with Crippen LogP contribution in [0.15, 0.2) is 42.5 Å². The van der Waals surface area contributed by atoms with Crippen LogP contribution in [-0.2, 0) is 9.53 Å². The number of hydrogen-bond acceptors (Lipinski definition) is 4. The maximum absolute atomic E-state index is 12.2. The summed E-state index contributed by atoms with van der Waals surface area (Å²) in [6.45, 7) is 3.52. The molecule has 126 valence electrons. The number of esters is 1. The van der Waals surface area contributed by atoms with Gasteiger partial charge >= 0.3 is 5.97 Å². The highest BCUT2D eigenvalue weighted by atomic mass is 35.5. The number of ether oxygens (including phenoxy) is 2. The van der Waals surface area contributed by atoms with Crippen molar-refractivity contribution in [2.75, 3.05) is 12.4 Å². The molecule has 2 rings (SSSR count). The summed E-state index contributed by atoms with van der Waals surface area (Å²) in [7, 11) is 1.32. The standard InChI is InChI=1S/C18H18ClNO4/c1-11-10-14(19)6-9-16(11)24-12(2)17(21)20-15-7-4-13(5-8-15)18(22)23-3/h4-10,12H,1-3H3,(H,20,21)/t12-/m0/s1. The first-order valence-electron chi connectivity index (χ1n) is 7.32. The zero-order valence-corrected chi connectivity index (χ0v) is 14.4. The molecule has 2 aromatic rings. The van der Waals surface area contributed by atoms with Gasteiger partial charge in [0, 0.05) is 10.7 Å². The summed E-state index contributed by atoms with van der Waals surface area (Å²) in [6, 6.07) is 11.6. The van der Waals surface area contributed by atoms with E-state index in [2.05, 4.69) is 10.1 Å². The molecule has 0 heterocycles. The van der Waals surface area contributed by atoms with Crippen LogP contribution in [-0.4, -0.2) is 25.1 Å². The number of aryl methyl sites for hydroxylation is 1. The number of hydrogen-bond donors (Lipinski definition) is 1. The van der Waals surface area contributed by atoms with E-state index in [1.807, 2.05) is 6.92 Å². The molecule has 0 aromatic heterocycles. The van der Waals surface area contributed by atoms with Crippen LogP contribution < -0.4 is 10.1 Å². The number of benzene rings is 2. The third-order valence-electron chi connectivity index (χ3n) is 3.38. The van der Waals surface area contributed by atoms with Crippen LogP contribution in [0.2, 0.25) is 5.02 Å². The molecule has 0 fully saturated rings. The SMILES string of the molecule is COC(=O)c1ccc(NC(=O)[C@H](C)Oc2ccc(Cl)cc2C)cc1. The Hall–Kier alpha value is -2.53.